The summed E-state index contributed by atoms with van der Waals surface area (Å²) in [5.74, 6) is -2.73. The van der Waals surface area contributed by atoms with E-state index in [1.165, 1.54) is 6.92 Å². The molecule has 0 fully saturated rings. The Morgan fingerprint density at radius 3 is 2.43 bits per heavy atom. The van der Waals surface area contributed by atoms with Crippen molar-refractivity contribution in [2.45, 2.75) is 32.1 Å². The summed E-state index contributed by atoms with van der Waals surface area (Å²) in [6, 6.07) is 8.22. The predicted molar refractivity (Wildman–Crippen MR) is 72.5 cm³/mol. The van der Waals surface area contributed by atoms with Crippen LogP contribution < -0.4 is 5.32 Å². The highest BCUT2D eigenvalue weighted by atomic mass is 16.5. The van der Waals surface area contributed by atoms with E-state index in [9.17, 15) is 19.5 Å². The molecule has 0 saturated heterocycles. The van der Waals surface area contributed by atoms with Crippen LogP contribution in [0, 0.1) is 0 Å². The number of carbonyl (C=O) groups is 3. The molecule has 1 rings (SSSR count). The molecule has 0 aromatic heterocycles. The number of Topliss-reactive ketones (excluding diaryl/α,β-unsaturated/α-hetero) is 1. The van der Waals surface area contributed by atoms with Crippen molar-refractivity contribution in [3.63, 3.8) is 0 Å². The average molecular weight is 295 g/mol. The number of ketones is 1. The number of carbonyl (C=O) groups excluding carboxylic acids is 2. The molecule has 114 valence electrons. The van der Waals surface area contributed by atoms with Gasteiger partial charge in [-0.3, -0.25) is 4.79 Å². The number of amides is 1. The van der Waals surface area contributed by atoms with Gasteiger partial charge in [0.2, 0.25) is 5.78 Å². The van der Waals surface area contributed by atoms with Crippen LogP contribution >= 0.6 is 0 Å². The van der Waals surface area contributed by atoms with Gasteiger partial charge in [0.15, 0.2) is 0 Å². The molecule has 0 spiro atoms. The van der Waals surface area contributed by atoms with Gasteiger partial charge < -0.3 is 20.3 Å². The number of carboxylic acid groups (broad SMARTS) is 1. The molecular formula is C14H17NO6. The van der Waals surface area contributed by atoms with E-state index in [0.717, 1.165) is 5.56 Å². The predicted octanol–water partition coefficient (Wildman–Crippen LogP) is 0.706. The first kappa shape index (κ1) is 16.6. The van der Waals surface area contributed by atoms with Crippen molar-refractivity contribution in [3.8, 4) is 0 Å². The van der Waals surface area contributed by atoms with E-state index in [2.05, 4.69) is 5.32 Å². The summed E-state index contributed by atoms with van der Waals surface area (Å²) in [7, 11) is 0. The molecule has 0 saturated carbocycles. The SMILES string of the molecule is C[C@H](NC(=O)OCc1ccccc1)[C@@H](O)CC(=O)C(=O)O. The molecule has 0 heterocycles. The number of hydrogen-bond donors (Lipinski definition) is 3. The minimum absolute atomic E-state index is 0.0730. The fourth-order valence-electron chi connectivity index (χ4n) is 1.50. The maximum absolute atomic E-state index is 11.5. The fourth-order valence-corrected chi connectivity index (χ4v) is 1.50. The monoisotopic (exact) mass is 295 g/mol. The standard InChI is InChI=1S/C14H17NO6/c1-9(11(16)7-12(17)13(18)19)15-14(20)21-8-10-5-3-2-4-6-10/h2-6,9,11,16H,7-8H2,1H3,(H,15,20)(H,18,19)/t9-,11-/m0/s1. The topological polar surface area (TPSA) is 113 Å². The van der Waals surface area contributed by atoms with Gasteiger partial charge in [-0.25, -0.2) is 9.59 Å². The van der Waals surface area contributed by atoms with Crippen LogP contribution in [0.15, 0.2) is 30.3 Å². The maximum atomic E-state index is 11.5. The van der Waals surface area contributed by atoms with Crippen molar-refractivity contribution in [1.82, 2.24) is 5.32 Å². The zero-order chi connectivity index (χ0) is 15.8. The fraction of sp³-hybridized carbons (Fsp3) is 0.357. The molecule has 7 heteroatoms. The van der Waals surface area contributed by atoms with E-state index in [-0.39, 0.29) is 6.61 Å². The molecule has 0 aliphatic rings. The van der Waals surface area contributed by atoms with Crippen LogP contribution in [-0.2, 0) is 20.9 Å². The lowest BCUT2D eigenvalue weighted by molar-refractivity contribution is -0.150. The van der Waals surface area contributed by atoms with E-state index < -0.39 is 36.4 Å². The lowest BCUT2D eigenvalue weighted by Crippen LogP contribution is -2.42. The van der Waals surface area contributed by atoms with E-state index in [1.807, 2.05) is 6.07 Å². The number of carboxylic acids is 1. The first-order chi connectivity index (χ1) is 9.90. The molecule has 0 bridgehead atoms. The summed E-state index contributed by atoms with van der Waals surface area (Å²) >= 11 is 0. The van der Waals surface area contributed by atoms with Crippen LogP contribution in [0.2, 0.25) is 0 Å². The van der Waals surface area contributed by atoms with Gasteiger partial charge in [-0.05, 0) is 12.5 Å². The molecule has 1 aromatic carbocycles. The Bertz CT molecular complexity index is 501. The third-order valence-corrected chi connectivity index (χ3v) is 2.77. The maximum Gasteiger partial charge on any atom is 0.407 e. The molecule has 7 nitrogen and oxygen atoms in total. The largest absolute Gasteiger partial charge is 0.475 e. The molecule has 0 aliphatic carbocycles. The number of aliphatic hydroxyl groups is 1. The van der Waals surface area contributed by atoms with Crippen LogP contribution in [0.3, 0.4) is 0 Å². The first-order valence-corrected chi connectivity index (χ1v) is 6.31. The highest BCUT2D eigenvalue weighted by Crippen LogP contribution is 2.03. The minimum atomic E-state index is -1.62. The lowest BCUT2D eigenvalue weighted by atomic mass is 10.1. The van der Waals surface area contributed by atoms with Gasteiger partial charge in [0.25, 0.3) is 0 Å². The number of aliphatic hydroxyl groups excluding tert-OH is 1. The number of benzene rings is 1. The van der Waals surface area contributed by atoms with Crippen molar-refractivity contribution < 1.29 is 29.3 Å². The third kappa shape index (κ3) is 6.05. The Balaban J connectivity index is 2.36. The Hall–Kier alpha value is -2.41. The molecule has 0 radical (unpaired) electrons. The van der Waals surface area contributed by atoms with Gasteiger partial charge in [0, 0.05) is 6.42 Å². The average Bonchev–Trinajstić information content (AvgIpc) is 2.45. The second kappa shape index (κ2) is 8.01. The van der Waals surface area contributed by atoms with E-state index in [4.69, 9.17) is 9.84 Å². The highest BCUT2D eigenvalue weighted by molar-refractivity contribution is 6.32. The number of alkyl carbamates (subject to hydrolysis) is 1. The Morgan fingerprint density at radius 2 is 1.86 bits per heavy atom. The Labute approximate surface area is 121 Å². The van der Waals surface area contributed by atoms with Crippen molar-refractivity contribution in [2.75, 3.05) is 0 Å². The molecule has 1 amide bonds. The zero-order valence-corrected chi connectivity index (χ0v) is 11.5. The van der Waals surface area contributed by atoms with Gasteiger partial charge in [0.1, 0.15) is 6.61 Å². The van der Waals surface area contributed by atoms with E-state index in [1.54, 1.807) is 24.3 Å². The number of aliphatic carboxylic acids is 1. The second-order valence-electron chi connectivity index (χ2n) is 4.49. The van der Waals surface area contributed by atoms with Gasteiger partial charge in [0.05, 0.1) is 12.1 Å². The molecule has 2 atom stereocenters. The Kier molecular flexibility index (Phi) is 6.35. The first-order valence-electron chi connectivity index (χ1n) is 6.31. The molecule has 0 unspecified atom stereocenters. The molecule has 3 N–H and O–H groups in total. The minimum Gasteiger partial charge on any atom is -0.475 e. The number of rotatable bonds is 7. The number of nitrogens with one attached hydrogen (secondary N) is 1. The van der Waals surface area contributed by atoms with Crippen molar-refractivity contribution in [2.24, 2.45) is 0 Å². The quantitative estimate of drug-likeness (QED) is 0.638. The summed E-state index contributed by atoms with van der Waals surface area (Å²) in [6.45, 7) is 1.52. The highest BCUT2D eigenvalue weighted by Gasteiger charge is 2.23. The van der Waals surface area contributed by atoms with Gasteiger partial charge in [-0.1, -0.05) is 30.3 Å². The van der Waals surface area contributed by atoms with E-state index >= 15 is 0 Å². The molecule has 1 aromatic rings. The van der Waals surface area contributed by atoms with Gasteiger partial charge >= 0.3 is 12.1 Å². The van der Waals surface area contributed by atoms with Crippen LogP contribution in [0.4, 0.5) is 4.79 Å². The summed E-state index contributed by atoms with van der Waals surface area (Å²) in [6.07, 6.45) is -2.62. The smallest absolute Gasteiger partial charge is 0.407 e. The summed E-state index contributed by atoms with van der Waals surface area (Å²) in [4.78, 5) is 32.8. The number of ether oxygens (including phenoxy) is 1. The van der Waals surface area contributed by atoms with Crippen LogP contribution in [0.25, 0.3) is 0 Å². The van der Waals surface area contributed by atoms with Crippen LogP contribution in [-0.4, -0.2) is 40.2 Å². The van der Waals surface area contributed by atoms with Crippen molar-refractivity contribution in [3.05, 3.63) is 35.9 Å². The second-order valence-corrected chi connectivity index (χ2v) is 4.49. The normalized spacial score (nSPS) is 13.0. The molecule has 0 aliphatic heterocycles. The van der Waals surface area contributed by atoms with Gasteiger partial charge in [-0.15, -0.1) is 0 Å². The number of hydrogen-bond acceptors (Lipinski definition) is 5. The zero-order valence-electron chi connectivity index (χ0n) is 11.5. The van der Waals surface area contributed by atoms with E-state index in [0.29, 0.717) is 0 Å². The Morgan fingerprint density at radius 1 is 1.24 bits per heavy atom. The lowest BCUT2D eigenvalue weighted by Gasteiger charge is -2.18. The van der Waals surface area contributed by atoms with Crippen molar-refractivity contribution >= 4 is 17.8 Å². The third-order valence-electron chi connectivity index (χ3n) is 2.77. The van der Waals surface area contributed by atoms with Crippen LogP contribution in [0.1, 0.15) is 18.9 Å². The summed E-state index contributed by atoms with van der Waals surface area (Å²) < 4.78 is 4.94. The summed E-state index contributed by atoms with van der Waals surface area (Å²) in [5.41, 5.74) is 0.807. The van der Waals surface area contributed by atoms with Crippen molar-refractivity contribution in [1.29, 1.82) is 0 Å². The molecule has 21 heavy (non-hydrogen) atoms. The van der Waals surface area contributed by atoms with Crippen LogP contribution in [0.5, 0.6) is 0 Å². The summed E-state index contributed by atoms with van der Waals surface area (Å²) in [5, 5.41) is 20.4. The molecular weight excluding hydrogens is 278 g/mol. The van der Waals surface area contributed by atoms with Gasteiger partial charge in [-0.2, -0.15) is 0 Å².